The van der Waals surface area contributed by atoms with Gasteiger partial charge in [0.05, 0.1) is 4.92 Å². The number of pyridine rings is 1. The van der Waals surface area contributed by atoms with E-state index in [0.717, 1.165) is 32.7 Å². The summed E-state index contributed by atoms with van der Waals surface area (Å²) in [6.45, 7) is 6.38. The summed E-state index contributed by atoms with van der Waals surface area (Å²) >= 11 is 0. The number of aromatic nitrogens is 1. The highest BCUT2D eigenvalue weighted by molar-refractivity contribution is 5.61. The third-order valence-electron chi connectivity index (χ3n) is 3.19. The van der Waals surface area contributed by atoms with Crippen LogP contribution in [0.5, 0.6) is 0 Å². The van der Waals surface area contributed by atoms with E-state index in [-0.39, 0.29) is 5.69 Å². The van der Waals surface area contributed by atoms with Crippen LogP contribution in [-0.2, 0) is 0 Å². The molecule has 2 heterocycles. The molecule has 1 fully saturated rings. The number of nitrogens with two attached hydrogens (primary N) is 1. The molecule has 7 heteroatoms. The first kappa shape index (κ1) is 12.6. The van der Waals surface area contributed by atoms with Gasteiger partial charge in [-0.2, -0.15) is 0 Å². The van der Waals surface area contributed by atoms with Crippen molar-refractivity contribution in [3.05, 3.63) is 22.2 Å². The zero-order valence-electron chi connectivity index (χ0n) is 10.4. The van der Waals surface area contributed by atoms with Crippen LogP contribution in [0, 0.1) is 10.1 Å². The minimum atomic E-state index is -0.409. The largest absolute Gasteiger partial charge is 0.384 e. The lowest BCUT2D eigenvalue weighted by Gasteiger charge is -2.34. The Morgan fingerprint density at radius 3 is 2.61 bits per heavy atom. The van der Waals surface area contributed by atoms with E-state index in [4.69, 9.17) is 5.73 Å². The van der Waals surface area contributed by atoms with E-state index in [1.165, 1.54) is 12.1 Å². The number of hydrogen-bond acceptors (Lipinski definition) is 6. The fourth-order valence-corrected chi connectivity index (χ4v) is 2.11. The predicted octanol–water partition coefficient (Wildman–Crippen LogP) is 0.714. The van der Waals surface area contributed by atoms with Gasteiger partial charge in [-0.05, 0) is 12.6 Å². The quantitative estimate of drug-likeness (QED) is 0.629. The first-order chi connectivity index (χ1) is 8.61. The molecule has 0 unspecified atom stereocenters. The third kappa shape index (κ3) is 2.51. The summed E-state index contributed by atoms with van der Waals surface area (Å²) in [5.41, 5.74) is 5.64. The Morgan fingerprint density at radius 2 is 2.06 bits per heavy atom. The van der Waals surface area contributed by atoms with Crippen molar-refractivity contribution in [3.63, 3.8) is 0 Å². The lowest BCUT2D eigenvalue weighted by Crippen LogP contribution is -2.46. The zero-order chi connectivity index (χ0) is 13.1. The normalized spacial score (nSPS) is 16.8. The number of nitrogen functional groups attached to an aromatic ring is 1. The summed E-state index contributed by atoms with van der Waals surface area (Å²) in [5.74, 6) is 0.698. The third-order valence-corrected chi connectivity index (χ3v) is 3.19. The number of rotatable bonds is 3. The van der Waals surface area contributed by atoms with Crippen molar-refractivity contribution >= 4 is 17.3 Å². The van der Waals surface area contributed by atoms with Gasteiger partial charge in [-0.15, -0.1) is 0 Å². The van der Waals surface area contributed by atoms with Crippen molar-refractivity contribution in [1.82, 2.24) is 9.88 Å². The average Bonchev–Trinajstić information content (AvgIpc) is 2.38. The molecule has 1 aliphatic rings. The molecule has 0 aliphatic carbocycles. The SMILES string of the molecule is CCN1CCN(c2nc(N)ccc2[N+](=O)[O-])CC1. The van der Waals surface area contributed by atoms with E-state index in [0.29, 0.717) is 11.6 Å². The van der Waals surface area contributed by atoms with Crippen molar-refractivity contribution in [2.24, 2.45) is 0 Å². The minimum absolute atomic E-state index is 0.0224. The Balaban J connectivity index is 2.22. The molecule has 0 spiro atoms. The van der Waals surface area contributed by atoms with Crippen LogP contribution in [0.3, 0.4) is 0 Å². The standard InChI is InChI=1S/C11H17N5O2/c1-2-14-5-7-15(8-6-14)11-9(16(17)18)3-4-10(12)13-11/h3-4H,2,5-8H2,1H3,(H2,12,13). The number of nitro groups is 1. The summed E-state index contributed by atoms with van der Waals surface area (Å²) < 4.78 is 0. The molecule has 1 aromatic rings. The molecular weight excluding hydrogens is 234 g/mol. The number of piperazine rings is 1. The number of nitrogens with zero attached hydrogens (tertiary/aromatic N) is 4. The Kier molecular flexibility index (Phi) is 3.61. The highest BCUT2D eigenvalue weighted by atomic mass is 16.6. The zero-order valence-corrected chi connectivity index (χ0v) is 10.4. The fourth-order valence-electron chi connectivity index (χ4n) is 2.11. The summed E-state index contributed by atoms with van der Waals surface area (Å²) in [5, 5.41) is 11.0. The molecule has 1 aliphatic heterocycles. The maximum atomic E-state index is 11.0. The van der Waals surface area contributed by atoms with Gasteiger partial charge < -0.3 is 15.5 Å². The molecule has 2 N–H and O–H groups in total. The van der Waals surface area contributed by atoms with Crippen molar-refractivity contribution in [2.75, 3.05) is 43.4 Å². The molecule has 0 aromatic carbocycles. The summed E-state index contributed by atoms with van der Waals surface area (Å²) in [4.78, 5) is 18.9. The van der Waals surface area contributed by atoms with E-state index in [1.54, 1.807) is 0 Å². The van der Waals surface area contributed by atoms with Gasteiger partial charge in [-0.1, -0.05) is 6.92 Å². The topological polar surface area (TPSA) is 88.5 Å². The molecule has 18 heavy (non-hydrogen) atoms. The molecule has 0 saturated carbocycles. The van der Waals surface area contributed by atoms with E-state index >= 15 is 0 Å². The molecule has 1 aromatic heterocycles. The van der Waals surface area contributed by atoms with Gasteiger partial charge in [0.25, 0.3) is 0 Å². The van der Waals surface area contributed by atoms with Crippen LogP contribution in [0.15, 0.2) is 12.1 Å². The van der Waals surface area contributed by atoms with Crippen LogP contribution in [0.4, 0.5) is 17.3 Å². The molecule has 0 atom stereocenters. The second-order valence-corrected chi connectivity index (χ2v) is 4.26. The van der Waals surface area contributed by atoms with Crippen LogP contribution < -0.4 is 10.6 Å². The minimum Gasteiger partial charge on any atom is -0.384 e. The van der Waals surface area contributed by atoms with E-state index in [9.17, 15) is 10.1 Å². The van der Waals surface area contributed by atoms with Crippen molar-refractivity contribution in [2.45, 2.75) is 6.92 Å². The van der Waals surface area contributed by atoms with Gasteiger partial charge >= 0.3 is 5.69 Å². The number of likely N-dealkylation sites (N-methyl/N-ethyl adjacent to an activating group) is 1. The lowest BCUT2D eigenvalue weighted by atomic mass is 10.3. The predicted molar refractivity (Wildman–Crippen MR) is 69.6 cm³/mol. The summed E-state index contributed by atoms with van der Waals surface area (Å²) in [6, 6.07) is 2.88. The lowest BCUT2D eigenvalue weighted by molar-refractivity contribution is -0.384. The van der Waals surface area contributed by atoms with E-state index in [1.807, 2.05) is 4.90 Å². The van der Waals surface area contributed by atoms with Crippen LogP contribution in [0.25, 0.3) is 0 Å². The maximum Gasteiger partial charge on any atom is 0.311 e. The molecule has 0 bridgehead atoms. The fraction of sp³-hybridized carbons (Fsp3) is 0.545. The van der Waals surface area contributed by atoms with Crippen LogP contribution >= 0.6 is 0 Å². The van der Waals surface area contributed by atoms with Gasteiger partial charge in [0.2, 0.25) is 5.82 Å². The van der Waals surface area contributed by atoms with Gasteiger partial charge in [0.15, 0.2) is 0 Å². The Bertz CT molecular complexity index is 443. The van der Waals surface area contributed by atoms with Crippen molar-refractivity contribution in [1.29, 1.82) is 0 Å². The second kappa shape index (κ2) is 5.18. The van der Waals surface area contributed by atoms with Gasteiger partial charge in [0.1, 0.15) is 5.82 Å². The molecule has 1 saturated heterocycles. The average molecular weight is 251 g/mol. The van der Waals surface area contributed by atoms with Gasteiger partial charge in [-0.3, -0.25) is 10.1 Å². The van der Waals surface area contributed by atoms with Crippen molar-refractivity contribution < 1.29 is 4.92 Å². The molecule has 7 nitrogen and oxygen atoms in total. The molecule has 0 amide bonds. The first-order valence-electron chi connectivity index (χ1n) is 6.00. The van der Waals surface area contributed by atoms with Gasteiger partial charge in [-0.25, -0.2) is 4.98 Å². The molecule has 98 valence electrons. The number of hydrogen-bond donors (Lipinski definition) is 1. The smallest absolute Gasteiger partial charge is 0.311 e. The van der Waals surface area contributed by atoms with E-state index < -0.39 is 4.92 Å². The van der Waals surface area contributed by atoms with E-state index in [2.05, 4.69) is 16.8 Å². The first-order valence-corrected chi connectivity index (χ1v) is 6.00. The van der Waals surface area contributed by atoms with Crippen LogP contribution in [0.1, 0.15) is 6.92 Å². The summed E-state index contributed by atoms with van der Waals surface area (Å²) in [6.07, 6.45) is 0. The molecule has 2 rings (SSSR count). The monoisotopic (exact) mass is 251 g/mol. The highest BCUT2D eigenvalue weighted by Crippen LogP contribution is 2.27. The summed E-state index contributed by atoms with van der Waals surface area (Å²) in [7, 11) is 0. The molecular formula is C11H17N5O2. The Morgan fingerprint density at radius 1 is 1.39 bits per heavy atom. The maximum absolute atomic E-state index is 11.0. The highest BCUT2D eigenvalue weighted by Gasteiger charge is 2.24. The second-order valence-electron chi connectivity index (χ2n) is 4.26. The Hall–Kier alpha value is -1.89. The van der Waals surface area contributed by atoms with Crippen LogP contribution in [-0.4, -0.2) is 47.5 Å². The molecule has 0 radical (unpaired) electrons. The van der Waals surface area contributed by atoms with Gasteiger partial charge in [0, 0.05) is 32.2 Å². The Labute approximate surface area is 105 Å². The number of anilines is 2. The van der Waals surface area contributed by atoms with Crippen molar-refractivity contribution in [3.8, 4) is 0 Å². The van der Waals surface area contributed by atoms with Crippen LogP contribution in [0.2, 0.25) is 0 Å².